The lowest BCUT2D eigenvalue weighted by Crippen LogP contribution is -2.47. The Bertz CT molecular complexity index is 152. The summed E-state index contributed by atoms with van der Waals surface area (Å²) in [6.45, 7) is 0. The largest absolute Gasteiger partial charge is 0.376 e. The molecular weight excluding hydrogens is 197 g/mol. The van der Waals surface area contributed by atoms with E-state index in [9.17, 15) is 5.11 Å². The number of piperidine rings is 1. The molecule has 2 aliphatic heterocycles. The predicted octanol–water partition coefficient (Wildman–Crippen LogP) is 1.80. The Morgan fingerprint density at radius 1 is 1.25 bits per heavy atom. The van der Waals surface area contributed by atoms with Crippen molar-refractivity contribution in [3.63, 3.8) is 0 Å². The van der Waals surface area contributed by atoms with Gasteiger partial charge in [0.2, 0.25) is 0 Å². The topological polar surface area (TPSA) is 23.5 Å². The smallest absolute Gasteiger partial charge is 0.118 e. The first-order valence-corrected chi connectivity index (χ1v) is 4.18. The lowest BCUT2D eigenvalue weighted by molar-refractivity contribution is -0.104. The summed E-state index contributed by atoms with van der Waals surface area (Å²) < 4.78 is 0. The van der Waals surface area contributed by atoms with Gasteiger partial charge < -0.3 is 5.11 Å². The molecule has 4 heteroatoms. The molecule has 2 saturated heterocycles. The molecule has 2 nitrogen and oxygen atoms in total. The van der Waals surface area contributed by atoms with Crippen LogP contribution in [0.2, 0.25) is 0 Å². The van der Waals surface area contributed by atoms with Gasteiger partial charge in [0, 0.05) is 6.04 Å². The maximum Gasteiger partial charge on any atom is 0.118 e. The lowest BCUT2D eigenvalue weighted by Gasteiger charge is -2.38. The molecule has 74 valence electrons. The van der Waals surface area contributed by atoms with E-state index in [1.54, 1.807) is 0 Å². The van der Waals surface area contributed by atoms with Crippen LogP contribution < -0.4 is 0 Å². The van der Waals surface area contributed by atoms with E-state index < -0.39 is 5.72 Å². The highest BCUT2D eigenvalue weighted by Gasteiger charge is 2.44. The van der Waals surface area contributed by atoms with E-state index in [1.165, 1.54) is 19.3 Å². The van der Waals surface area contributed by atoms with E-state index in [1.807, 2.05) is 0 Å². The summed E-state index contributed by atoms with van der Waals surface area (Å²) in [6.07, 6.45) is 5.69. The van der Waals surface area contributed by atoms with Gasteiger partial charge in [-0.05, 0) is 39.2 Å². The third-order valence-corrected chi connectivity index (χ3v) is 3.20. The summed E-state index contributed by atoms with van der Waals surface area (Å²) in [5, 5.41) is 9.92. The number of nitrogens with zero attached hydrogens (tertiary/aromatic N) is 1. The van der Waals surface area contributed by atoms with E-state index in [2.05, 4.69) is 11.9 Å². The number of halogens is 2. The van der Waals surface area contributed by atoms with Gasteiger partial charge in [-0.1, -0.05) is 0 Å². The number of fused-ring (bicyclic) bond motifs is 2. The molecule has 2 heterocycles. The molecule has 2 bridgehead atoms. The van der Waals surface area contributed by atoms with Crippen LogP contribution in [0.5, 0.6) is 0 Å². The Morgan fingerprint density at radius 2 is 1.92 bits per heavy atom. The number of rotatable bonds is 0. The Labute approximate surface area is 86.1 Å². The fourth-order valence-electron chi connectivity index (χ4n) is 2.37. The summed E-state index contributed by atoms with van der Waals surface area (Å²) in [5.74, 6) is 0. The molecule has 0 aliphatic carbocycles. The summed E-state index contributed by atoms with van der Waals surface area (Å²) in [5.41, 5.74) is -0.414. The van der Waals surface area contributed by atoms with Gasteiger partial charge in [-0.15, -0.1) is 24.8 Å². The molecule has 0 amide bonds. The van der Waals surface area contributed by atoms with Gasteiger partial charge >= 0.3 is 0 Å². The van der Waals surface area contributed by atoms with Crippen molar-refractivity contribution in [1.82, 2.24) is 4.90 Å². The normalized spacial score (nSPS) is 40.0. The maximum absolute atomic E-state index is 9.92. The second kappa shape index (κ2) is 4.14. The van der Waals surface area contributed by atoms with E-state index >= 15 is 0 Å². The number of hydrogen-bond acceptors (Lipinski definition) is 2. The van der Waals surface area contributed by atoms with Crippen molar-refractivity contribution in [1.29, 1.82) is 0 Å². The van der Waals surface area contributed by atoms with Crippen LogP contribution in [-0.4, -0.2) is 28.8 Å². The number of aliphatic hydroxyl groups is 1. The molecule has 12 heavy (non-hydrogen) atoms. The SMILES string of the molecule is CN1C2CCCC1(O)CC2.Cl.Cl. The predicted molar refractivity (Wildman–Crippen MR) is 54.1 cm³/mol. The van der Waals surface area contributed by atoms with Gasteiger partial charge in [-0.3, -0.25) is 4.90 Å². The van der Waals surface area contributed by atoms with Crippen molar-refractivity contribution >= 4 is 24.8 Å². The summed E-state index contributed by atoms with van der Waals surface area (Å²) in [6, 6.07) is 0.679. The molecular formula is C8H17Cl2NO. The molecule has 0 radical (unpaired) electrons. The van der Waals surface area contributed by atoms with Crippen LogP contribution in [0.4, 0.5) is 0 Å². The lowest BCUT2D eigenvalue weighted by atomic mass is 10.0. The molecule has 2 fully saturated rings. The quantitative estimate of drug-likeness (QED) is 0.664. The Morgan fingerprint density at radius 3 is 2.42 bits per heavy atom. The van der Waals surface area contributed by atoms with Crippen LogP contribution >= 0.6 is 24.8 Å². The zero-order valence-electron chi connectivity index (χ0n) is 7.32. The molecule has 0 aromatic rings. The van der Waals surface area contributed by atoms with Gasteiger partial charge in [0.25, 0.3) is 0 Å². The number of hydrogen-bond donors (Lipinski definition) is 1. The van der Waals surface area contributed by atoms with Crippen molar-refractivity contribution in [2.45, 2.75) is 43.9 Å². The van der Waals surface area contributed by atoms with Crippen LogP contribution in [0.15, 0.2) is 0 Å². The molecule has 0 spiro atoms. The summed E-state index contributed by atoms with van der Waals surface area (Å²) in [4.78, 5) is 2.16. The first kappa shape index (κ1) is 12.5. The van der Waals surface area contributed by atoms with Crippen LogP contribution in [0, 0.1) is 0 Å². The Hall–Kier alpha value is 0.500. The van der Waals surface area contributed by atoms with E-state index in [0.29, 0.717) is 6.04 Å². The Kier molecular flexibility index (Phi) is 4.31. The molecule has 2 rings (SSSR count). The molecule has 1 N–H and O–H groups in total. The Balaban J connectivity index is 0.000000605. The van der Waals surface area contributed by atoms with E-state index in [0.717, 1.165) is 12.8 Å². The van der Waals surface area contributed by atoms with Crippen LogP contribution in [-0.2, 0) is 0 Å². The molecule has 2 atom stereocenters. The molecule has 0 saturated carbocycles. The molecule has 2 unspecified atom stereocenters. The minimum atomic E-state index is -0.414. The molecule has 2 aliphatic rings. The van der Waals surface area contributed by atoms with E-state index in [-0.39, 0.29) is 24.8 Å². The van der Waals surface area contributed by atoms with Gasteiger partial charge in [-0.25, -0.2) is 0 Å². The van der Waals surface area contributed by atoms with Crippen molar-refractivity contribution in [3.05, 3.63) is 0 Å². The van der Waals surface area contributed by atoms with Crippen molar-refractivity contribution in [3.8, 4) is 0 Å². The van der Waals surface area contributed by atoms with Gasteiger partial charge in [-0.2, -0.15) is 0 Å². The first-order chi connectivity index (χ1) is 4.72. The van der Waals surface area contributed by atoms with Crippen molar-refractivity contribution in [2.75, 3.05) is 7.05 Å². The second-order valence-electron chi connectivity index (χ2n) is 3.68. The van der Waals surface area contributed by atoms with Gasteiger partial charge in [0.1, 0.15) is 5.72 Å². The van der Waals surface area contributed by atoms with Crippen LogP contribution in [0.3, 0.4) is 0 Å². The third kappa shape index (κ3) is 1.72. The zero-order valence-corrected chi connectivity index (χ0v) is 8.96. The van der Waals surface area contributed by atoms with Gasteiger partial charge in [0.15, 0.2) is 0 Å². The highest BCUT2D eigenvalue weighted by atomic mass is 35.5. The second-order valence-corrected chi connectivity index (χ2v) is 3.68. The van der Waals surface area contributed by atoms with Gasteiger partial charge in [0.05, 0.1) is 0 Å². The van der Waals surface area contributed by atoms with Crippen molar-refractivity contribution < 1.29 is 5.11 Å². The average molecular weight is 214 g/mol. The fourth-order valence-corrected chi connectivity index (χ4v) is 2.37. The molecule has 0 aromatic heterocycles. The van der Waals surface area contributed by atoms with Crippen molar-refractivity contribution in [2.24, 2.45) is 0 Å². The molecule has 0 aromatic carbocycles. The highest BCUT2D eigenvalue weighted by molar-refractivity contribution is 5.85. The minimum Gasteiger partial charge on any atom is -0.376 e. The van der Waals surface area contributed by atoms with Crippen LogP contribution in [0.25, 0.3) is 0 Å². The van der Waals surface area contributed by atoms with E-state index in [4.69, 9.17) is 0 Å². The third-order valence-electron chi connectivity index (χ3n) is 3.20. The highest BCUT2D eigenvalue weighted by Crippen LogP contribution is 2.40. The summed E-state index contributed by atoms with van der Waals surface area (Å²) in [7, 11) is 2.05. The average Bonchev–Trinajstić information content (AvgIpc) is 2.18. The fraction of sp³-hybridized carbons (Fsp3) is 1.00. The standard InChI is InChI=1S/C8H15NO.2ClH/c1-9-7-3-2-5-8(9,10)6-4-7;;/h7,10H,2-6H2,1H3;2*1H. The minimum absolute atomic E-state index is 0. The van der Waals surface area contributed by atoms with Crippen LogP contribution in [0.1, 0.15) is 32.1 Å². The zero-order chi connectivity index (χ0) is 7.19. The maximum atomic E-state index is 9.92. The first-order valence-electron chi connectivity index (χ1n) is 4.18. The summed E-state index contributed by atoms with van der Waals surface area (Å²) >= 11 is 0. The monoisotopic (exact) mass is 213 g/mol.